The van der Waals surface area contributed by atoms with Gasteiger partial charge >= 0.3 is 0 Å². The van der Waals surface area contributed by atoms with Crippen LogP contribution in [0.3, 0.4) is 0 Å². The van der Waals surface area contributed by atoms with Gasteiger partial charge in [-0.25, -0.2) is 0 Å². The number of hydrogen-bond acceptors (Lipinski definition) is 2. The van der Waals surface area contributed by atoms with Gasteiger partial charge in [0.05, 0.1) is 19.1 Å². The number of nitrogens with two attached hydrogens (primary N) is 1. The fraction of sp³-hybridized carbons (Fsp3) is 0.583. The van der Waals surface area contributed by atoms with Crippen molar-refractivity contribution in [3.63, 3.8) is 0 Å². The minimum atomic E-state index is -0.323. The normalized spacial score (nSPS) is 15.1. The molecule has 0 heterocycles. The van der Waals surface area contributed by atoms with E-state index >= 15 is 0 Å². The van der Waals surface area contributed by atoms with Gasteiger partial charge in [0.2, 0.25) is 5.91 Å². The van der Waals surface area contributed by atoms with E-state index in [1.165, 1.54) is 0 Å². The lowest BCUT2D eigenvalue weighted by Crippen LogP contribution is -2.28. The minimum absolute atomic E-state index is 0.114. The van der Waals surface area contributed by atoms with Gasteiger partial charge in [-0.2, -0.15) is 0 Å². The van der Waals surface area contributed by atoms with E-state index in [4.69, 9.17) is 10.5 Å². The van der Waals surface area contributed by atoms with Crippen molar-refractivity contribution in [2.75, 3.05) is 6.61 Å². The molecule has 0 fully saturated rings. The lowest BCUT2D eigenvalue weighted by molar-refractivity contribution is -0.121. The van der Waals surface area contributed by atoms with Crippen LogP contribution in [0.5, 0.6) is 0 Å². The van der Waals surface area contributed by atoms with Gasteiger partial charge in [0.25, 0.3) is 0 Å². The summed E-state index contributed by atoms with van der Waals surface area (Å²) in [7, 11) is 0. The van der Waals surface area contributed by atoms with Crippen molar-refractivity contribution in [3.8, 4) is 0 Å². The lowest BCUT2D eigenvalue weighted by Gasteiger charge is -2.21. The van der Waals surface area contributed by atoms with Gasteiger partial charge in [0.1, 0.15) is 0 Å². The molecule has 3 heteroatoms. The zero-order chi connectivity index (χ0) is 11.7. The second kappa shape index (κ2) is 8.24. The molecule has 15 heavy (non-hydrogen) atoms. The highest BCUT2D eigenvalue weighted by Gasteiger charge is 2.18. The molecule has 0 bridgehead atoms. The summed E-state index contributed by atoms with van der Waals surface area (Å²) in [5, 5.41) is 0. The first-order valence-electron chi connectivity index (χ1n) is 5.23. The number of carbonyl (C=O) groups is 1. The topological polar surface area (TPSA) is 52.3 Å². The van der Waals surface area contributed by atoms with Gasteiger partial charge in [0, 0.05) is 0 Å². The second-order valence-electron chi connectivity index (χ2n) is 3.61. The first-order valence-corrected chi connectivity index (χ1v) is 5.23. The summed E-state index contributed by atoms with van der Waals surface area (Å²) in [6, 6.07) is 0. The molecule has 2 N–H and O–H groups in total. The van der Waals surface area contributed by atoms with Crippen LogP contribution in [0.25, 0.3) is 0 Å². The summed E-state index contributed by atoms with van der Waals surface area (Å²) in [4.78, 5) is 10.8. The Morgan fingerprint density at radius 2 is 2.27 bits per heavy atom. The summed E-state index contributed by atoms with van der Waals surface area (Å²) >= 11 is 0. The van der Waals surface area contributed by atoms with Gasteiger partial charge in [0.15, 0.2) is 0 Å². The van der Waals surface area contributed by atoms with Gasteiger partial charge in [-0.3, -0.25) is 4.79 Å². The largest absolute Gasteiger partial charge is 0.373 e. The fourth-order valence-corrected chi connectivity index (χ4v) is 1.32. The number of rotatable bonds is 8. The average molecular weight is 211 g/mol. The number of allylic oxidation sites excluding steroid dienone is 2. The molecule has 2 atom stereocenters. The van der Waals surface area contributed by atoms with Gasteiger partial charge in [-0.1, -0.05) is 25.2 Å². The summed E-state index contributed by atoms with van der Waals surface area (Å²) in [6.45, 7) is 8.06. The Kier molecular flexibility index (Phi) is 7.64. The van der Waals surface area contributed by atoms with Crippen molar-refractivity contribution < 1.29 is 9.53 Å². The molecule has 0 rings (SSSR count). The summed E-state index contributed by atoms with van der Waals surface area (Å²) in [6.07, 6.45) is 6.78. The molecule has 86 valence electrons. The molecule has 1 amide bonds. The summed E-state index contributed by atoms with van der Waals surface area (Å²) in [5.74, 6) is -0.0370. The molecule has 0 saturated carbocycles. The third-order valence-electron chi connectivity index (χ3n) is 2.21. The SMILES string of the molecule is C=CCO[C@@H](CC(N)=O)[C@H](C)C/C=C/C. The molecule has 0 aromatic heterocycles. The van der Waals surface area contributed by atoms with Crippen LogP contribution in [0.1, 0.15) is 26.7 Å². The molecule has 0 aliphatic heterocycles. The van der Waals surface area contributed by atoms with Crippen LogP contribution < -0.4 is 5.73 Å². The maximum absolute atomic E-state index is 10.8. The lowest BCUT2D eigenvalue weighted by atomic mass is 9.97. The third kappa shape index (κ3) is 6.91. The van der Waals surface area contributed by atoms with Crippen LogP contribution in [0.15, 0.2) is 24.8 Å². The van der Waals surface area contributed by atoms with Gasteiger partial charge < -0.3 is 10.5 Å². The van der Waals surface area contributed by atoms with Crippen LogP contribution in [-0.2, 0) is 9.53 Å². The third-order valence-corrected chi connectivity index (χ3v) is 2.21. The highest BCUT2D eigenvalue weighted by atomic mass is 16.5. The monoisotopic (exact) mass is 211 g/mol. The van der Waals surface area contributed by atoms with Crippen molar-refractivity contribution in [2.45, 2.75) is 32.8 Å². The Morgan fingerprint density at radius 3 is 2.73 bits per heavy atom. The zero-order valence-corrected chi connectivity index (χ0v) is 9.61. The second-order valence-corrected chi connectivity index (χ2v) is 3.61. The van der Waals surface area contributed by atoms with E-state index in [0.717, 1.165) is 6.42 Å². The Morgan fingerprint density at radius 1 is 1.60 bits per heavy atom. The van der Waals surface area contributed by atoms with E-state index in [-0.39, 0.29) is 24.3 Å². The Hall–Kier alpha value is -1.09. The van der Waals surface area contributed by atoms with Crippen LogP contribution in [0, 0.1) is 5.92 Å². The summed E-state index contributed by atoms with van der Waals surface area (Å²) in [5.41, 5.74) is 5.17. The van der Waals surface area contributed by atoms with E-state index in [9.17, 15) is 4.79 Å². The van der Waals surface area contributed by atoms with Crippen LogP contribution in [0.4, 0.5) is 0 Å². The predicted molar refractivity (Wildman–Crippen MR) is 62.3 cm³/mol. The van der Waals surface area contributed by atoms with Crippen LogP contribution in [-0.4, -0.2) is 18.6 Å². The molecule has 0 aliphatic carbocycles. The quantitative estimate of drug-likeness (QED) is 0.625. The maximum atomic E-state index is 10.8. The van der Waals surface area contributed by atoms with Gasteiger partial charge in [-0.05, 0) is 19.3 Å². The highest BCUT2D eigenvalue weighted by Crippen LogP contribution is 2.15. The van der Waals surface area contributed by atoms with Crippen LogP contribution >= 0.6 is 0 Å². The van der Waals surface area contributed by atoms with Crippen molar-refractivity contribution in [1.82, 2.24) is 0 Å². The van der Waals surface area contributed by atoms with Crippen molar-refractivity contribution in [3.05, 3.63) is 24.8 Å². The van der Waals surface area contributed by atoms with Crippen LogP contribution in [0.2, 0.25) is 0 Å². The van der Waals surface area contributed by atoms with E-state index in [1.54, 1.807) is 6.08 Å². The molecule has 0 spiro atoms. The molecule has 0 unspecified atom stereocenters. The molecule has 3 nitrogen and oxygen atoms in total. The smallest absolute Gasteiger partial charge is 0.220 e. The number of ether oxygens (including phenoxy) is 1. The average Bonchev–Trinajstić information content (AvgIpc) is 2.20. The molecule has 0 aromatic rings. The predicted octanol–water partition coefficient (Wildman–Crippen LogP) is 2.04. The Bertz CT molecular complexity index is 224. The number of hydrogen-bond donors (Lipinski definition) is 1. The Labute approximate surface area is 92.0 Å². The minimum Gasteiger partial charge on any atom is -0.373 e. The zero-order valence-electron chi connectivity index (χ0n) is 9.61. The Balaban J connectivity index is 4.18. The van der Waals surface area contributed by atoms with Crippen molar-refractivity contribution in [2.24, 2.45) is 11.7 Å². The molecular formula is C12H21NO2. The number of amides is 1. The van der Waals surface area contributed by atoms with Crippen molar-refractivity contribution >= 4 is 5.91 Å². The molecule has 0 radical (unpaired) electrons. The fourth-order valence-electron chi connectivity index (χ4n) is 1.32. The molecular weight excluding hydrogens is 190 g/mol. The highest BCUT2D eigenvalue weighted by molar-refractivity contribution is 5.74. The van der Waals surface area contributed by atoms with E-state index < -0.39 is 0 Å². The maximum Gasteiger partial charge on any atom is 0.220 e. The standard InChI is InChI=1S/C12H21NO2/c1-4-6-7-10(3)11(9-12(13)14)15-8-5-2/h4-6,10-11H,2,7-9H2,1,3H3,(H2,13,14)/b6-4+/t10-,11+/m1/s1. The van der Waals surface area contributed by atoms with E-state index in [1.807, 2.05) is 13.0 Å². The molecule has 0 aromatic carbocycles. The van der Waals surface area contributed by atoms with E-state index in [0.29, 0.717) is 6.61 Å². The summed E-state index contributed by atoms with van der Waals surface area (Å²) < 4.78 is 5.51. The van der Waals surface area contributed by atoms with Crippen molar-refractivity contribution in [1.29, 1.82) is 0 Å². The first kappa shape index (κ1) is 13.9. The molecule has 0 aliphatic rings. The van der Waals surface area contributed by atoms with Gasteiger partial charge in [-0.15, -0.1) is 6.58 Å². The molecule has 0 saturated heterocycles. The number of primary amides is 1. The first-order chi connectivity index (χ1) is 7.11. The van der Waals surface area contributed by atoms with E-state index in [2.05, 4.69) is 19.6 Å². The number of carbonyl (C=O) groups excluding carboxylic acids is 1.